The molecule has 0 spiro atoms. The van der Waals surface area contributed by atoms with E-state index >= 15 is 0 Å². The molecule has 0 saturated carbocycles. The minimum atomic E-state index is -0.192. The average molecular weight is 310 g/mol. The molecular weight excluding hydrogens is 292 g/mol. The Hall–Kier alpha value is -1.60. The van der Waals surface area contributed by atoms with Crippen molar-refractivity contribution in [3.05, 3.63) is 28.0 Å². The van der Waals surface area contributed by atoms with E-state index in [-0.39, 0.29) is 11.9 Å². The van der Waals surface area contributed by atoms with Gasteiger partial charge in [0, 0.05) is 18.0 Å². The maximum atomic E-state index is 12.0. The molecule has 0 atom stereocenters. The zero-order chi connectivity index (χ0) is 14.7. The third-order valence-corrected chi connectivity index (χ3v) is 4.71. The minimum Gasteiger partial charge on any atom is -0.382 e. The summed E-state index contributed by atoms with van der Waals surface area (Å²) in [6.07, 6.45) is 0. The van der Waals surface area contributed by atoms with Gasteiger partial charge in [-0.05, 0) is 36.8 Å². The largest absolute Gasteiger partial charge is 0.382 e. The molecule has 2 heterocycles. The quantitative estimate of drug-likeness (QED) is 0.890. The van der Waals surface area contributed by atoms with E-state index in [1.54, 1.807) is 18.4 Å². The maximum absolute atomic E-state index is 12.0. The Morgan fingerprint density at radius 2 is 2.30 bits per heavy atom. The van der Waals surface area contributed by atoms with Crippen LogP contribution in [0.3, 0.4) is 0 Å². The Morgan fingerprint density at radius 3 is 2.85 bits per heavy atom. The summed E-state index contributed by atoms with van der Waals surface area (Å²) in [5.41, 5.74) is 6.32. The van der Waals surface area contributed by atoms with Gasteiger partial charge in [-0.15, -0.1) is 11.3 Å². The van der Waals surface area contributed by atoms with Gasteiger partial charge in [0.15, 0.2) is 5.82 Å². The molecule has 0 saturated heterocycles. The van der Waals surface area contributed by atoms with E-state index in [1.165, 1.54) is 16.4 Å². The van der Waals surface area contributed by atoms with Crippen molar-refractivity contribution in [2.75, 3.05) is 17.7 Å². The van der Waals surface area contributed by atoms with Crippen LogP contribution in [0, 0.1) is 0 Å². The van der Waals surface area contributed by atoms with Crippen LogP contribution in [-0.4, -0.2) is 23.4 Å². The van der Waals surface area contributed by atoms with Crippen LogP contribution in [0.4, 0.5) is 10.8 Å². The zero-order valence-electron chi connectivity index (χ0n) is 11.7. The minimum absolute atomic E-state index is 0.192. The highest BCUT2D eigenvalue weighted by molar-refractivity contribution is 7.11. The number of anilines is 2. The van der Waals surface area contributed by atoms with Crippen LogP contribution in [0.15, 0.2) is 17.5 Å². The van der Waals surface area contributed by atoms with Crippen molar-refractivity contribution in [1.29, 1.82) is 0 Å². The molecular formula is C13H18N4OS2. The van der Waals surface area contributed by atoms with E-state index < -0.39 is 0 Å². The molecule has 0 aliphatic carbocycles. The van der Waals surface area contributed by atoms with E-state index in [0.717, 1.165) is 11.5 Å². The van der Waals surface area contributed by atoms with Gasteiger partial charge in [0.05, 0.1) is 6.54 Å². The van der Waals surface area contributed by atoms with Gasteiger partial charge in [-0.1, -0.05) is 6.07 Å². The highest BCUT2D eigenvalue weighted by Gasteiger charge is 2.24. The number of carbonyl (C=O) groups excluding carboxylic acids is 1. The van der Waals surface area contributed by atoms with Crippen LogP contribution in [0.2, 0.25) is 0 Å². The van der Waals surface area contributed by atoms with Crippen molar-refractivity contribution in [1.82, 2.24) is 9.69 Å². The summed E-state index contributed by atoms with van der Waals surface area (Å²) in [5, 5.41) is 5.50. The highest BCUT2D eigenvalue weighted by atomic mass is 32.1. The molecule has 7 heteroatoms. The third kappa shape index (κ3) is 2.94. The van der Waals surface area contributed by atoms with Gasteiger partial charge in [0.2, 0.25) is 0 Å². The van der Waals surface area contributed by atoms with Gasteiger partial charge < -0.3 is 16.0 Å². The molecule has 5 nitrogen and oxygen atoms in total. The molecule has 108 valence electrons. The fourth-order valence-electron chi connectivity index (χ4n) is 1.89. The SMILES string of the molecule is CNC(=O)c1c(N)nsc1N(Cc1cccs1)C(C)C. The smallest absolute Gasteiger partial charge is 0.257 e. The first kappa shape index (κ1) is 14.8. The van der Waals surface area contributed by atoms with Gasteiger partial charge >= 0.3 is 0 Å². The van der Waals surface area contributed by atoms with Crippen LogP contribution in [0.5, 0.6) is 0 Å². The summed E-state index contributed by atoms with van der Waals surface area (Å²) in [6, 6.07) is 4.36. The van der Waals surface area contributed by atoms with E-state index in [4.69, 9.17) is 5.73 Å². The van der Waals surface area contributed by atoms with Crippen LogP contribution >= 0.6 is 22.9 Å². The van der Waals surface area contributed by atoms with Crippen molar-refractivity contribution < 1.29 is 4.79 Å². The lowest BCUT2D eigenvalue weighted by atomic mass is 10.2. The molecule has 0 unspecified atom stereocenters. The van der Waals surface area contributed by atoms with Crippen molar-refractivity contribution in [2.45, 2.75) is 26.4 Å². The first-order valence-corrected chi connectivity index (χ1v) is 7.96. The Labute approximate surface area is 126 Å². The molecule has 2 rings (SSSR count). The number of nitrogen functional groups attached to an aromatic ring is 1. The lowest BCUT2D eigenvalue weighted by Gasteiger charge is -2.27. The Morgan fingerprint density at radius 1 is 1.55 bits per heavy atom. The predicted molar refractivity (Wildman–Crippen MR) is 85.6 cm³/mol. The topological polar surface area (TPSA) is 71.2 Å². The monoisotopic (exact) mass is 310 g/mol. The second kappa shape index (κ2) is 6.23. The van der Waals surface area contributed by atoms with Crippen molar-refractivity contribution in [3.63, 3.8) is 0 Å². The summed E-state index contributed by atoms with van der Waals surface area (Å²) < 4.78 is 4.14. The van der Waals surface area contributed by atoms with E-state index in [0.29, 0.717) is 11.4 Å². The van der Waals surface area contributed by atoms with Gasteiger partial charge in [0.25, 0.3) is 5.91 Å². The Balaban J connectivity index is 2.37. The molecule has 2 aromatic heterocycles. The number of amides is 1. The number of hydrogen-bond acceptors (Lipinski definition) is 6. The van der Waals surface area contributed by atoms with Crippen LogP contribution in [0.1, 0.15) is 29.1 Å². The number of thiophene rings is 1. The molecule has 0 radical (unpaired) electrons. The predicted octanol–water partition coefficient (Wildman–Crippen LogP) is 2.56. The van der Waals surface area contributed by atoms with Crippen molar-refractivity contribution in [3.8, 4) is 0 Å². The van der Waals surface area contributed by atoms with Crippen LogP contribution in [-0.2, 0) is 6.54 Å². The summed E-state index contributed by atoms with van der Waals surface area (Å²) in [5.74, 6) is 0.101. The number of hydrogen-bond donors (Lipinski definition) is 2. The van der Waals surface area contributed by atoms with Gasteiger partial charge in [-0.2, -0.15) is 4.37 Å². The van der Waals surface area contributed by atoms with E-state index in [2.05, 4.69) is 39.9 Å². The molecule has 0 aromatic carbocycles. The summed E-state index contributed by atoms with van der Waals surface area (Å²) in [6.45, 7) is 4.94. The molecule has 1 amide bonds. The van der Waals surface area contributed by atoms with Gasteiger partial charge in [-0.3, -0.25) is 4.79 Å². The number of nitrogens with two attached hydrogens (primary N) is 1. The standard InChI is InChI=1S/C13H18N4OS2/c1-8(2)17(7-9-5-4-6-19-9)13-10(12(18)15-3)11(14)16-20-13/h4-6,8H,7H2,1-3H3,(H2,14,16)(H,15,18). The first-order chi connectivity index (χ1) is 9.54. The summed E-state index contributed by atoms with van der Waals surface area (Å²) in [4.78, 5) is 15.4. The van der Waals surface area contributed by atoms with Crippen molar-refractivity contribution in [2.24, 2.45) is 0 Å². The lowest BCUT2D eigenvalue weighted by Crippen LogP contribution is -2.31. The van der Waals surface area contributed by atoms with Gasteiger partial charge in [-0.25, -0.2) is 0 Å². The first-order valence-electron chi connectivity index (χ1n) is 6.30. The van der Waals surface area contributed by atoms with Crippen LogP contribution < -0.4 is 16.0 Å². The Bertz CT molecular complexity index is 577. The summed E-state index contributed by atoms with van der Waals surface area (Å²) >= 11 is 2.97. The second-order valence-corrected chi connectivity index (χ2v) is 6.41. The molecule has 0 bridgehead atoms. The lowest BCUT2D eigenvalue weighted by molar-refractivity contribution is 0.0964. The number of nitrogens with one attached hydrogen (secondary N) is 1. The Kier molecular flexibility index (Phi) is 4.61. The normalized spacial score (nSPS) is 10.8. The molecule has 3 N–H and O–H groups in total. The molecule has 0 aliphatic rings. The fourth-order valence-corrected chi connectivity index (χ4v) is 3.53. The highest BCUT2D eigenvalue weighted by Crippen LogP contribution is 2.33. The van der Waals surface area contributed by atoms with Crippen LogP contribution in [0.25, 0.3) is 0 Å². The molecule has 2 aromatic rings. The van der Waals surface area contributed by atoms with E-state index in [1.807, 2.05) is 6.07 Å². The molecule has 0 aliphatic heterocycles. The zero-order valence-corrected chi connectivity index (χ0v) is 13.3. The van der Waals surface area contributed by atoms with Crippen molar-refractivity contribution >= 4 is 39.6 Å². The number of aromatic nitrogens is 1. The average Bonchev–Trinajstić information content (AvgIpc) is 3.04. The second-order valence-electron chi connectivity index (χ2n) is 4.63. The van der Waals surface area contributed by atoms with Gasteiger partial charge in [0.1, 0.15) is 10.6 Å². The fraction of sp³-hybridized carbons (Fsp3) is 0.385. The molecule has 0 fully saturated rings. The number of nitrogens with zero attached hydrogens (tertiary/aromatic N) is 2. The third-order valence-electron chi connectivity index (χ3n) is 2.95. The number of rotatable bonds is 5. The van der Waals surface area contributed by atoms with E-state index in [9.17, 15) is 4.79 Å². The molecule has 20 heavy (non-hydrogen) atoms. The maximum Gasteiger partial charge on any atom is 0.257 e. The summed E-state index contributed by atoms with van der Waals surface area (Å²) in [7, 11) is 1.60. The number of carbonyl (C=O) groups is 1.